The summed E-state index contributed by atoms with van der Waals surface area (Å²) in [6.07, 6.45) is -0.832. The van der Waals surface area contributed by atoms with E-state index in [1.165, 1.54) is 17.0 Å². The molecular weight excluding hydrogens is 358 g/mol. The Morgan fingerprint density at radius 1 is 1.07 bits per heavy atom. The van der Waals surface area contributed by atoms with Crippen LogP contribution < -0.4 is 9.64 Å². The van der Waals surface area contributed by atoms with Gasteiger partial charge >= 0.3 is 5.82 Å². The fourth-order valence-corrected chi connectivity index (χ4v) is 3.19. The van der Waals surface area contributed by atoms with Crippen LogP contribution in [0.2, 0.25) is 0 Å². The molecule has 1 aliphatic rings. The number of aryl methyl sites for hydroxylation is 1. The SMILES string of the molecule is Cc1ccccc1CN1C(=O)C(c2ccccc2)Oc2ccc([N+](=O)[O-])nc21. The Morgan fingerprint density at radius 3 is 2.50 bits per heavy atom. The molecule has 0 spiro atoms. The van der Waals surface area contributed by atoms with Gasteiger partial charge in [-0.05, 0) is 34.0 Å². The molecule has 7 nitrogen and oxygen atoms in total. The Kier molecular flexibility index (Phi) is 4.49. The molecule has 0 saturated heterocycles. The van der Waals surface area contributed by atoms with Crippen LogP contribution in [0.1, 0.15) is 22.8 Å². The van der Waals surface area contributed by atoms with Crippen LogP contribution >= 0.6 is 0 Å². The van der Waals surface area contributed by atoms with Gasteiger partial charge in [-0.15, -0.1) is 0 Å². The van der Waals surface area contributed by atoms with E-state index in [9.17, 15) is 14.9 Å². The summed E-state index contributed by atoms with van der Waals surface area (Å²) >= 11 is 0. The number of nitro groups is 1. The number of nitrogens with zero attached hydrogens (tertiary/aromatic N) is 3. The molecule has 0 fully saturated rings. The second-order valence-electron chi connectivity index (χ2n) is 6.51. The Balaban J connectivity index is 1.81. The van der Waals surface area contributed by atoms with Gasteiger partial charge in [0.15, 0.2) is 5.75 Å². The van der Waals surface area contributed by atoms with Gasteiger partial charge in [-0.1, -0.05) is 54.6 Å². The van der Waals surface area contributed by atoms with Crippen molar-refractivity contribution in [3.63, 3.8) is 0 Å². The number of carbonyl (C=O) groups excluding carboxylic acids is 1. The van der Waals surface area contributed by atoms with Crippen LogP contribution in [0.25, 0.3) is 0 Å². The normalized spacial score (nSPS) is 15.7. The van der Waals surface area contributed by atoms with E-state index in [4.69, 9.17) is 4.74 Å². The third kappa shape index (κ3) is 3.18. The first-order chi connectivity index (χ1) is 13.5. The summed E-state index contributed by atoms with van der Waals surface area (Å²) in [4.78, 5) is 29.4. The average Bonchev–Trinajstić information content (AvgIpc) is 2.71. The van der Waals surface area contributed by atoms with Crippen LogP contribution in [0.15, 0.2) is 66.7 Å². The Bertz CT molecular complexity index is 1050. The van der Waals surface area contributed by atoms with Gasteiger partial charge in [0.1, 0.15) is 0 Å². The summed E-state index contributed by atoms with van der Waals surface area (Å²) in [5.41, 5.74) is 2.67. The van der Waals surface area contributed by atoms with E-state index in [0.717, 1.165) is 11.1 Å². The molecule has 28 heavy (non-hydrogen) atoms. The number of carbonyl (C=O) groups is 1. The van der Waals surface area contributed by atoms with E-state index in [1.807, 2.05) is 61.5 Å². The number of aromatic nitrogens is 1. The third-order valence-electron chi connectivity index (χ3n) is 4.69. The number of pyridine rings is 1. The number of hydrogen-bond donors (Lipinski definition) is 0. The van der Waals surface area contributed by atoms with Crippen molar-refractivity contribution in [2.45, 2.75) is 19.6 Å². The molecule has 1 aromatic heterocycles. The van der Waals surface area contributed by atoms with E-state index < -0.39 is 11.0 Å². The number of fused-ring (bicyclic) bond motifs is 1. The zero-order chi connectivity index (χ0) is 19.7. The van der Waals surface area contributed by atoms with Gasteiger partial charge in [0.05, 0.1) is 6.54 Å². The molecule has 1 atom stereocenters. The van der Waals surface area contributed by atoms with Crippen LogP contribution in [0.4, 0.5) is 11.6 Å². The molecule has 3 aromatic rings. The molecule has 1 amide bonds. The Labute approximate surface area is 161 Å². The van der Waals surface area contributed by atoms with E-state index in [0.29, 0.717) is 11.3 Å². The lowest BCUT2D eigenvalue weighted by atomic mass is 10.0. The van der Waals surface area contributed by atoms with Crippen molar-refractivity contribution < 1.29 is 14.5 Å². The van der Waals surface area contributed by atoms with Crippen LogP contribution in [0, 0.1) is 17.0 Å². The molecular formula is C21H17N3O4. The summed E-state index contributed by atoms with van der Waals surface area (Å²) in [6, 6.07) is 19.6. The zero-order valence-electron chi connectivity index (χ0n) is 15.1. The summed E-state index contributed by atoms with van der Waals surface area (Å²) < 4.78 is 5.89. The molecule has 1 unspecified atom stereocenters. The Hall–Kier alpha value is -3.74. The van der Waals surface area contributed by atoms with Crippen molar-refractivity contribution in [2.24, 2.45) is 0 Å². The van der Waals surface area contributed by atoms with Gasteiger partial charge in [0.2, 0.25) is 6.10 Å². The molecule has 4 rings (SSSR count). The van der Waals surface area contributed by atoms with Gasteiger partial charge in [0, 0.05) is 11.6 Å². The lowest BCUT2D eigenvalue weighted by Crippen LogP contribution is -2.41. The maximum absolute atomic E-state index is 13.3. The van der Waals surface area contributed by atoms with E-state index in [1.54, 1.807) is 0 Å². The molecule has 7 heteroatoms. The molecule has 0 bridgehead atoms. The van der Waals surface area contributed by atoms with Crippen molar-refractivity contribution in [2.75, 3.05) is 4.90 Å². The summed E-state index contributed by atoms with van der Waals surface area (Å²) in [6.45, 7) is 2.20. The van der Waals surface area contributed by atoms with Gasteiger partial charge in [-0.2, -0.15) is 0 Å². The third-order valence-corrected chi connectivity index (χ3v) is 4.69. The fraction of sp³-hybridized carbons (Fsp3) is 0.143. The maximum Gasteiger partial charge on any atom is 0.366 e. The van der Waals surface area contributed by atoms with E-state index >= 15 is 0 Å². The minimum atomic E-state index is -0.832. The highest BCUT2D eigenvalue weighted by atomic mass is 16.6. The van der Waals surface area contributed by atoms with Gasteiger partial charge in [0.25, 0.3) is 11.7 Å². The van der Waals surface area contributed by atoms with Gasteiger partial charge in [-0.25, -0.2) is 0 Å². The largest absolute Gasteiger partial charge is 0.469 e. The number of anilines is 1. The predicted molar refractivity (Wildman–Crippen MR) is 103 cm³/mol. The predicted octanol–water partition coefficient (Wildman–Crippen LogP) is 3.97. The second-order valence-corrected chi connectivity index (χ2v) is 6.51. The standard InChI is InChI=1S/C21H17N3O4/c1-14-7-5-6-10-16(14)13-23-20-17(11-12-18(22-20)24(26)27)28-19(21(23)25)15-8-3-2-4-9-15/h2-12,19H,13H2,1H3. The van der Waals surface area contributed by atoms with Crippen molar-refractivity contribution in [3.8, 4) is 5.75 Å². The second kappa shape index (κ2) is 7.11. The zero-order valence-corrected chi connectivity index (χ0v) is 15.1. The molecule has 0 aliphatic carbocycles. The summed E-state index contributed by atoms with van der Waals surface area (Å²) in [5, 5.41) is 11.2. The van der Waals surface area contributed by atoms with Crippen LogP contribution in [0.3, 0.4) is 0 Å². The summed E-state index contributed by atoms with van der Waals surface area (Å²) in [7, 11) is 0. The maximum atomic E-state index is 13.3. The number of rotatable bonds is 4. The topological polar surface area (TPSA) is 85.6 Å². The van der Waals surface area contributed by atoms with Crippen LogP contribution in [-0.2, 0) is 11.3 Å². The van der Waals surface area contributed by atoms with Gasteiger partial charge < -0.3 is 14.9 Å². The minimum absolute atomic E-state index is 0.162. The Morgan fingerprint density at radius 2 is 1.79 bits per heavy atom. The molecule has 2 heterocycles. The number of benzene rings is 2. The number of amides is 1. The highest BCUT2D eigenvalue weighted by molar-refractivity contribution is 5.99. The van der Waals surface area contributed by atoms with Crippen molar-refractivity contribution in [1.82, 2.24) is 4.98 Å². The first-order valence-corrected chi connectivity index (χ1v) is 8.77. The molecule has 1 aliphatic heterocycles. The van der Waals surface area contributed by atoms with Crippen LogP contribution in [-0.4, -0.2) is 15.8 Å². The lowest BCUT2D eigenvalue weighted by molar-refractivity contribution is -0.389. The molecule has 140 valence electrons. The minimum Gasteiger partial charge on any atom is -0.469 e. The van der Waals surface area contributed by atoms with Crippen LogP contribution in [0.5, 0.6) is 5.75 Å². The average molecular weight is 375 g/mol. The monoisotopic (exact) mass is 375 g/mol. The highest BCUT2D eigenvalue weighted by Gasteiger charge is 2.39. The van der Waals surface area contributed by atoms with E-state index in [2.05, 4.69) is 4.98 Å². The lowest BCUT2D eigenvalue weighted by Gasteiger charge is -2.31. The first-order valence-electron chi connectivity index (χ1n) is 8.77. The number of hydrogen-bond acceptors (Lipinski definition) is 5. The molecule has 0 radical (unpaired) electrons. The van der Waals surface area contributed by atoms with Crippen molar-refractivity contribution in [1.29, 1.82) is 0 Å². The first kappa shape index (κ1) is 17.7. The van der Waals surface area contributed by atoms with Crippen molar-refractivity contribution in [3.05, 3.63) is 93.5 Å². The fourth-order valence-electron chi connectivity index (χ4n) is 3.19. The van der Waals surface area contributed by atoms with Crippen molar-refractivity contribution >= 4 is 17.5 Å². The quantitative estimate of drug-likeness (QED) is 0.509. The summed E-state index contributed by atoms with van der Waals surface area (Å²) in [5.74, 6) is -0.139. The highest BCUT2D eigenvalue weighted by Crippen LogP contribution is 2.39. The number of ether oxygens (including phenoxy) is 1. The van der Waals surface area contributed by atoms with E-state index in [-0.39, 0.29) is 24.1 Å². The molecule has 2 aromatic carbocycles. The molecule has 0 saturated carbocycles. The smallest absolute Gasteiger partial charge is 0.366 e. The molecule has 0 N–H and O–H groups in total. The van der Waals surface area contributed by atoms with Gasteiger partial charge in [-0.3, -0.25) is 9.69 Å².